The van der Waals surface area contributed by atoms with Gasteiger partial charge < -0.3 is 15.4 Å². The van der Waals surface area contributed by atoms with Crippen molar-refractivity contribution in [3.8, 4) is 5.75 Å². The highest BCUT2D eigenvalue weighted by molar-refractivity contribution is 5.95. The van der Waals surface area contributed by atoms with Gasteiger partial charge in [0.15, 0.2) is 0 Å². The molecule has 22 heavy (non-hydrogen) atoms. The van der Waals surface area contributed by atoms with Crippen molar-refractivity contribution in [2.45, 2.75) is 31.5 Å². The summed E-state index contributed by atoms with van der Waals surface area (Å²) in [6.45, 7) is 1.37. The molecule has 0 spiro atoms. The molecule has 2 rings (SSSR count). The van der Waals surface area contributed by atoms with E-state index in [0.29, 0.717) is 12.6 Å². The van der Waals surface area contributed by atoms with Crippen molar-refractivity contribution >= 4 is 5.91 Å². The van der Waals surface area contributed by atoms with E-state index < -0.39 is 17.6 Å². The number of carbonyl (C=O) groups is 1. The molecule has 4 nitrogen and oxygen atoms in total. The minimum Gasteiger partial charge on any atom is -0.493 e. The Morgan fingerprint density at radius 3 is 2.73 bits per heavy atom. The first-order chi connectivity index (χ1) is 10.3. The molecule has 1 aliphatic heterocycles. The van der Waals surface area contributed by atoms with E-state index in [1.165, 1.54) is 0 Å². The molecule has 7 heteroatoms. The van der Waals surface area contributed by atoms with Crippen molar-refractivity contribution in [1.29, 1.82) is 0 Å². The summed E-state index contributed by atoms with van der Waals surface area (Å²) in [5, 5.41) is 0. The van der Waals surface area contributed by atoms with E-state index in [0.717, 1.165) is 44.0 Å². The predicted molar refractivity (Wildman–Crippen MR) is 75.7 cm³/mol. The van der Waals surface area contributed by atoms with E-state index in [-0.39, 0.29) is 11.3 Å². The number of benzene rings is 1. The van der Waals surface area contributed by atoms with Crippen molar-refractivity contribution < 1.29 is 22.7 Å². The molecular weight excluding hydrogens is 297 g/mol. The maximum atomic E-state index is 12.7. The van der Waals surface area contributed by atoms with Gasteiger partial charge in [-0.2, -0.15) is 13.2 Å². The average Bonchev–Trinajstić information content (AvgIpc) is 2.83. The first-order valence-electron chi connectivity index (χ1n) is 7.13. The highest BCUT2D eigenvalue weighted by Crippen LogP contribution is 2.32. The summed E-state index contributed by atoms with van der Waals surface area (Å²) in [5.74, 6) is -0.833. The van der Waals surface area contributed by atoms with E-state index in [1.807, 2.05) is 7.05 Å². The van der Waals surface area contributed by atoms with Crippen LogP contribution in [0.2, 0.25) is 0 Å². The lowest BCUT2D eigenvalue weighted by atomic mass is 10.1. The predicted octanol–water partition coefficient (Wildman–Crippen LogP) is 2.67. The topological polar surface area (TPSA) is 55.6 Å². The summed E-state index contributed by atoms with van der Waals surface area (Å²) in [6, 6.07) is 3.19. The van der Waals surface area contributed by atoms with Crippen LogP contribution < -0.4 is 10.5 Å². The second-order valence-electron chi connectivity index (χ2n) is 5.49. The number of likely N-dealkylation sites (tertiary alicyclic amines) is 1. The average molecular weight is 316 g/mol. The lowest BCUT2D eigenvalue weighted by Gasteiger charge is -2.20. The van der Waals surface area contributed by atoms with Crippen molar-refractivity contribution in [3.63, 3.8) is 0 Å². The summed E-state index contributed by atoms with van der Waals surface area (Å²) in [6.07, 6.45) is -1.55. The van der Waals surface area contributed by atoms with Crippen LogP contribution in [0.15, 0.2) is 18.2 Å². The van der Waals surface area contributed by atoms with Crippen molar-refractivity contribution in [1.82, 2.24) is 4.90 Å². The van der Waals surface area contributed by atoms with Gasteiger partial charge >= 0.3 is 6.18 Å². The summed E-state index contributed by atoms with van der Waals surface area (Å²) < 4.78 is 43.5. The summed E-state index contributed by atoms with van der Waals surface area (Å²) in [4.78, 5) is 13.6. The number of halogens is 3. The zero-order chi connectivity index (χ0) is 16.3. The lowest BCUT2D eigenvalue weighted by Crippen LogP contribution is -2.26. The molecule has 1 unspecified atom stereocenters. The zero-order valence-corrected chi connectivity index (χ0v) is 12.3. The third-order valence-electron chi connectivity index (χ3n) is 3.95. The molecule has 0 radical (unpaired) electrons. The molecular formula is C15H19F3N2O2. The lowest BCUT2D eigenvalue weighted by molar-refractivity contribution is -0.137. The number of ether oxygens (including phenoxy) is 1. The molecule has 1 saturated heterocycles. The molecule has 1 aromatic rings. The Bertz CT molecular complexity index is 546. The largest absolute Gasteiger partial charge is 0.493 e. The van der Waals surface area contributed by atoms with Gasteiger partial charge in [-0.15, -0.1) is 0 Å². The molecule has 1 atom stereocenters. The van der Waals surface area contributed by atoms with Gasteiger partial charge in [-0.05, 0) is 51.1 Å². The molecule has 0 aromatic heterocycles. The minimum atomic E-state index is -4.52. The van der Waals surface area contributed by atoms with Crippen molar-refractivity contribution in [2.24, 2.45) is 5.73 Å². The van der Waals surface area contributed by atoms with E-state index in [4.69, 9.17) is 10.5 Å². The zero-order valence-electron chi connectivity index (χ0n) is 12.3. The molecule has 0 bridgehead atoms. The molecule has 1 heterocycles. The quantitative estimate of drug-likeness (QED) is 0.908. The fraction of sp³-hybridized carbons (Fsp3) is 0.533. The second-order valence-corrected chi connectivity index (χ2v) is 5.49. The maximum absolute atomic E-state index is 12.7. The Balaban J connectivity index is 2.05. The summed E-state index contributed by atoms with van der Waals surface area (Å²) >= 11 is 0. The normalized spacial score (nSPS) is 19.4. The molecule has 1 fully saturated rings. The highest BCUT2D eigenvalue weighted by atomic mass is 19.4. The number of rotatable bonds is 5. The van der Waals surface area contributed by atoms with Gasteiger partial charge in [0.05, 0.1) is 17.7 Å². The molecule has 0 aliphatic carbocycles. The molecule has 122 valence electrons. The number of hydrogen-bond donors (Lipinski definition) is 1. The number of carbonyl (C=O) groups excluding carboxylic acids is 1. The van der Waals surface area contributed by atoms with Crippen LogP contribution in [0.5, 0.6) is 5.75 Å². The minimum absolute atomic E-state index is 0.0983. The number of alkyl halides is 3. The fourth-order valence-electron chi connectivity index (χ4n) is 2.67. The third-order valence-corrected chi connectivity index (χ3v) is 3.95. The summed E-state index contributed by atoms with van der Waals surface area (Å²) in [5.41, 5.74) is 3.99. The third kappa shape index (κ3) is 3.91. The van der Waals surface area contributed by atoms with Gasteiger partial charge in [0, 0.05) is 6.04 Å². The van der Waals surface area contributed by atoms with Gasteiger partial charge in [0.2, 0.25) is 0 Å². The van der Waals surface area contributed by atoms with E-state index in [1.54, 1.807) is 0 Å². The first-order valence-corrected chi connectivity index (χ1v) is 7.13. The van der Waals surface area contributed by atoms with Crippen LogP contribution in [0.4, 0.5) is 13.2 Å². The Labute approximate surface area is 127 Å². The summed E-state index contributed by atoms with van der Waals surface area (Å²) in [7, 11) is 2.03. The fourth-order valence-corrected chi connectivity index (χ4v) is 2.67. The number of primary amides is 1. The smallest absolute Gasteiger partial charge is 0.416 e. The van der Waals surface area contributed by atoms with Gasteiger partial charge in [0.25, 0.3) is 5.91 Å². The van der Waals surface area contributed by atoms with Crippen LogP contribution in [0.25, 0.3) is 0 Å². The number of amides is 1. The molecule has 2 N–H and O–H groups in total. The van der Waals surface area contributed by atoms with Crippen LogP contribution in [0.1, 0.15) is 35.2 Å². The van der Waals surface area contributed by atoms with Crippen LogP contribution in [0.3, 0.4) is 0 Å². The van der Waals surface area contributed by atoms with E-state index >= 15 is 0 Å². The van der Waals surface area contributed by atoms with Gasteiger partial charge in [-0.3, -0.25) is 4.79 Å². The number of hydrogen-bond acceptors (Lipinski definition) is 3. The second kappa shape index (κ2) is 6.56. The van der Waals surface area contributed by atoms with Crippen LogP contribution in [-0.4, -0.2) is 37.0 Å². The Morgan fingerprint density at radius 2 is 2.18 bits per heavy atom. The highest BCUT2D eigenvalue weighted by Gasteiger charge is 2.32. The molecule has 1 aliphatic rings. The number of nitrogens with zero attached hydrogens (tertiary/aromatic N) is 1. The van der Waals surface area contributed by atoms with Gasteiger partial charge in [-0.25, -0.2) is 0 Å². The first kappa shape index (κ1) is 16.6. The van der Waals surface area contributed by atoms with Crippen LogP contribution in [-0.2, 0) is 6.18 Å². The standard InChI is InChI=1S/C15H19F3N2O2/c1-20-7-2-3-11(20)6-8-22-13-5-4-10(15(16,17)18)9-12(13)14(19)21/h4-5,9,11H,2-3,6-8H2,1H3,(H2,19,21). The van der Waals surface area contributed by atoms with Gasteiger partial charge in [-0.1, -0.05) is 0 Å². The Morgan fingerprint density at radius 1 is 1.45 bits per heavy atom. The van der Waals surface area contributed by atoms with Gasteiger partial charge in [0.1, 0.15) is 5.75 Å². The molecule has 0 saturated carbocycles. The van der Waals surface area contributed by atoms with Crippen molar-refractivity contribution in [2.75, 3.05) is 20.2 Å². The van der Waals surface area contributed by atoms with Crippen molar-refractivity contribution in [3.05, 3.63) is 29.3 Å². The maximum Gasteiger partial charge on any atom is 0.416 e. The Hall–Kier alpha value is -1.76. The van der Waals surface area contributed by atoms with Crippen LogP contribution in [0, 0.1) is 0 Å². The SMILES string of the molecule is CN1CCCC1CCOc1ccc(C(F)(F)F)cc1C(N)=O. The van der Waals surface area contributed by atoms with Crippen LogP contribution >= 0.6 is 0 Å². The molecule has 1 amide bonds. The van der Waals surface area contributed by atoms with E-state index in [9.17, 15) is 18.0 Å². The molecule has 1 aromatic carbocycles. The Kier molecular flexibility index (Phi) is 4.95. The number of nitrogens with two attached hydrogens (primary N) is 1. The van der Waals surface area contributed by atoms with E-state index in [2.05, 4.69) is 4.90 Å². The monoisotopic (exact) mass is 316 g/mol.